The van der Waals surface area contributed by atoms with Crippen molar-refractivity contribution in [2.45, 2.75) is 13.3 Å². The van der Waals surface area contributed by atoms with E-state index in [4.69, 9.17) is 15.9 Å². The standard InChI is InChI=1S/C8H19N3O3S/c1-7(8(9)10)6-11-15(12,13)5-3-4-14-2/h7,11H,3-6H2,1-2H3,(H3,9,10). The minimum atomic E-state index is -3.26. The summed E-state index contributed by atoms with van der Waals surface area (Å²) in [7, 11) is -1.74. The highest BCUT2D eigenvalue weighted by Gasteiger charge is 2.12. The average Bonchev–Trinajstić information content (AvgIpc) is 2.14. The molecule has 1 unspecified atom stereocenters. The zero-order valence-corrected chi connectivity index (χ0v) is 9.93. The van der Waals surface area contributed by atoms with Gasteiger partial charge in [-0.05, 0) is 6.42 Å². The molecule has 0 rings (SSSR count). The summed E-state index contributed by atoms with van der Waals surface area (Å²) in [6.07, 6.45) is 0.459. The molecule has 15 heavy (non-hydrogen) atoms. The summed E-state index contributed by atoms with van der Waals surface area (Å²) in [4.78, 5) is 0. The molecule has 0 heterocycles. The molecule has 0 aliphatic rings. The first kappa shape index (κ1) is 14.3. The van der Waals surface area contributed by atoms with Gasteiger partial charge >= 0.3 is 0 Å². The van der Waals surface area contributed by atoms with Crippen LogP contribution in [0.5, 0.6) is 0 Å². The molecule has 90 valence electrons. The Balaban J connectivity index is 3.89. The Hall–Kier alpha value is -0.660. The Morgan fingerprint density at radius 1 is 1.60 bits per heavy atom. The molecule has 0 spiro atoms. The smallest absolute Gasteiger partial charge is 0.211 e. The van der Waals surface area contributed by atoms with Gasteiger partial charge in [0.1, 0.15) is 0 Å². The van der Waals surface area contributed by atoms with Crippen LogP contribution in [0, 0.1) is 11.3 Å². The molecule has 0 aliphatic carbocycles. The number of hydrogen-bond donors (Lipinski definition) is 3. The van der Waals surface area contributed by atoms with Gasteiger partial charge in [-0.15, -0.1) is 0 Å². The van der Waals surface area contributed by atoms with Gasteiger partial charge in [0.2, 0.25) is 10.0 Å². The summed E-state index contributed by atoms with van der Waals surface area (Å²) >= 11 is 0. The highest BCUT2D eigenvalue weighted by molar-refractivity contribution is 7.89. The number of hydrogen-bond acceptors (Lipinski definition) is 4. The molecule has 1 atom stereocenters. The molecule has 0 radical (unpaired) electrons. The van der Waals surface area contributed by atoms with Gasteiger partial charge in [0.15, 0.2) is 0 Å². The van der Waals surface area contributed by atoms with E-state index < -0.39 is 10.0 Å². The van der Waals surface area contributed by atoms with Crippen molar-refractivity contribution in [1.29, 1.82) is 5.41 Å². The van der Waals surface area contributed by atoms with Crippen molar-refractivity contribution >= 4 is 15.9 Å². The fourth-order valence-electron chi connectivity index (χ4n) is 0.827. The second-order valence-corrected chi connectivity index (χ2v) is 5.30. The maximum Gasteiger partial charge on any atom is 0.211 e. The molecule has 0 fully saturated rings. The van der Waals surface area contributed by atoms with Crippen LogP contribution in [0.1, 0.15) is 13.3 Å². The average molecular weight is 237 g/mol. The van der Waals surface area contributed by atoms with Crippen LogP contribution in [0.25, 0.3) is 0 Å². The van der Waals surface area contributed by atoms with Crippen molar-refractivity contribution in [2.75, 3.05) is 26.0 Å². The summed E-state index contributed by atoms with van der Waals surface area (Å²) in [6.45, 7) is 2.29. The summed E-state index contributed by atoms with van der Waals surface area (Å²) in [6, 6.07) is 0. The zero-order chi connectivity index (χ0) is 11.9. The monoisotopic (exact) mass is 237 g/mol. The Morgan fingerprint density at radius 2 is 2.20 bits per heavy atom. The number of rotatable bonds is 8. The zero-order valence-electron chi connectivity index (χ0n) is 9.12. The lowest BCUT2D eigenvalue weighted by atomic mass is 10.2. The van der Waals surface area contributed by atoms with E-state index in [1.807, 2.05) is 0 Å². The number of nitrogens with two attached hydrogens (primary N) is 1. The van der Waals surface area contributed by atoms with E-state index >= 15 is 0 Å². The van der Waals surface area contributed by atoms with Gasteiger partial charge < -0.3 is 10.5 Å². The fraction of sp³-hybridized carbons (Fsp3) is 0.875. The molecule has 0 aliphatic heterocycles. The van der Waals surface area contributed by atoms with Crippen LogP contribution in [0.3, 0.4) is 0 Å². The topological polar surface area (TPSA) is 105 Å². The molecule has 0 amide bonds. The lowest BCUT2D eigenvalue weighted by Gasteiger charge is -2.11. The van der Waals surface area contributed by atoms with Crippen molar-refractivity contribution in [3.63, 3.8) is 0 Å². The van der Waals surface area contributed by atoms with Crippen molar-refractivity contribution < 1.29 is 13.2 Å². The van der Waals surface area contributed by atoms with Crippen LogP contribution in [0.4, 0.5) is 0 Å². The second-order valence-electron chi connectivity index (χ2n) is 3.37. The van der Waals surface area contributed by atoms with Crippen molar-refractivity contribution in [3.05, 3.63) is 0 Å². The number of sulfonamides is 1. The summed E-state index contributed by atoms with van der Waals surface area (Å²) in [5, 5.41) is 7.10. The number of methoxy groups -OCH3 is 1. The fourth-order valence-corrected chi connectivity index (χ4v) is 1.97. The normalized spacial score (nSPS) is 13.7. The number of nitrogens with one attached hydrogen (secondary N) is 2. The Kier molecular flexibility index (Phi) is 6.46. The van der Waals surface area contributed by atoms with Crippen LogP contribution < -0.4 is 10.5 Å². The maximum atomic E-state index is 11.4. The summed E-state index contributed by atoms with van der Waals surface area (Å²) < 4.78 is 29.9. The lowest BCUT2D eigenvalue weighted by molar-refractivity contribution is 0.199. The molecule has 0 saturated carbocycles. The third-order valence-corrected chi connectivity index (χ3v) is 3.33. The second kappa shape index (κ2) is 6.76. The van der Waals surface area contributed by atoms with Gasteiger partial charge in [-0.2, -0.15) is 0 Å². The third-order valence-electron chi connectivity index (χ3n) is 1.90. The molecular formula is C8H19N3O3S. The first-order valence-corrected chi connectivity index (χ1v) is 6.34. The predicted octanol–water partition coefficient (Wildman–Crippen LogP) is -0.486. The van der Waals surface area contributed by atoms with Gasteiger partial charge in [0.05, 0.1) is 11.6 Å². The molecule has 0 bridgehead atoms. The van der Waals surface area contributed by atoms with E-state index in [9.17, 15) is 8.42 Å². The van der Waals surface area contributed by atoms with E-state index in [1.165, 1.54) is 7.11 Å². The molecular weight excluding hydrogens is 218 g/mol. The van der Waals surface area contributed by atoms with Gasteiger partial charge in [-0.1, -0.05) is 6.92 Å². The van der Waals surface area contributed by atoms with Crippen molar-refractivity contribution in [1.82, 2.24) is 4.72 Å². The molecule has 0 saturated heterocycles. The SMILES string of the molecule is COCCCS(=O)(=O)NCC(C)C(=N)N. The summed E-state index contributed by atoms with van der Waals surface area (Å²) in [5.74, 6) is -0.261. The van der Waals surface area contributed by atoms with E-state index in [0.29, 0.717) is 13.0 Å². The number of amidine groups is 1. The Morgan fingerprint density at radius 3 is 2.67 bits per heavy atom. The first-order valence-electron chi connectivity index (χ1n) is 4.69. The summed E-state index contributed by atoms with van der Waals surface area (Å²) in [5.41, 5.74) is 5.22. The molecule has 4 N–H and O–H groups in total. The maximum absolute atomic E-state index is 11.4. The van der Waals surface area contributed by atoms with Crippen LogP contribution in [0.15, 0.2) is 0 Å². The highest BCUT2D eigenvalue weighted by atomic mass is 32.2. The van der Waals surface area contributed by atoms with Gasteiger partial charge in [0, 0.05) is 26.2 Å². The van der Waals surface area contributed by atoms with Crippen molar-refractivity contribution in [3.8, 4) is 0 Å². The van der Waals surface area contributed by atoms with Crippen LogP contribution >= 0.6 is 0 Å². The van der Waals surface area contributed by atoms with E-state index in [2.05, 4.69) is 4.72 Å². The van der Waals surface area contributed by atoms with E-state index in [1.54, 1.807) is 6.92 Å². The molecule has 0 aromatic heterocycles. The lowest BCUT2D eigenvalue weighted by Crippen LogP contribution is -2.35. The van der Waals surface area contributed by atoms with Crippen molar-refractivity contribution in [2.24, 2.45) is 11.7 Å². The van der Waals surface area contributed by atoms with Crippen LogP contribution in [-0.4, -0.2) is 40.3 Å². The minimum absolute atomic E-state index is 0.0189. The van der Waals surface area contributed by atoms with Gasteiger partial charge in [-0.25, -0.2) is 13.1 Å². The molecule has 0 aromatic carbocycles. The van der Waals surface area contributed by atoms with Crippen LogP contribution in [0.2, 0.25) is 0 Å². The highest BCUT2D eigenvalue weighted by Crippen LogP contribution is 1.95. The third kappa shape index (κ3) is 7.29. The van der Waals surface area contributed by atoms with E-state index in [-0.39, 0.29) is 24.1 Å². The van der Waals surface area contributed by atoms with E-state index in [0.717, 1.165) is 0 Å². The quantitative estimate of drug-likeness (QED) is 0.301. The number of ether oxygens (including phenoxy) is 1. The molecule has 7 heteroatoms. The molecule has 0 aromatic rings. The Bertz CT molecular complexity index is 290. The van der Waals surface area contributed by atoms with Crippen LogP contribution in [-0.2, 0) is 14.8 Å². The first-order chi connectivity index (χ1) is 6.89. The predicted molar refractivity (Wildman–Crippen MR) is 59.4 cm³/mol. The Labute approximate surface area is 90.7 Å². The molecule has 6 nitrogen and oxygen atoms in total. The van der Waals surface area contributed by atoms with Gasteiger partial charge in [-0.3, -0.25) is 5.41 Å². The largest absolute Gasteiger partial charge is 0.387 e. The van der Waals surface area contributed by atoms with Gasteiger partial charge in [0.25, 0.3) is 0 Å². The minimum Gasteiger partial charge on any atom is -0.387 e.